The van der Waals surface area contributed by atoms with Gasteiger partial charge in [-0.2, -0.15) is 0 Å². The molecule has 0 saturated heterocycles. The lowest BCUT2D eigenvalue weighted by Gasteiger charge is -2.09. The number of carbonyl (C=O) groups excluding carboxylic acids is 2. The number of hydrogen-bond donors (Lipinski definition) is 1. The lowest BCUT2D eigenvalue weighted by molar-refractivity contribution is 0.101. The van der Waals surface area contributed by atoms with Crippen LogP contribution in [0.1, 0.15) is 20.7 Å². The van der Waals surface area contributed by atoms with E-state index >= 15 is 0 Å². The van der Waals surface area contributed by atoms with E-state index in [1.807, 2.05) is 30.3 Å². The Morgan fingerprint density at radius 3 is 2.56 bits per heavy atom. The van der Waals surface area contributed by atoms with Crippen molar-refractivity contribution in [3.05, 3.63) is 78.1 Å². The molecule has 0 atom stereocenters. The predicted octanol–water partition coefficient (Wildman–Crippen LogP) is 4.06. The summed E-state index contributed by atoms with van der Waals surface area (Å²) in [6.45, 7) is 0. The van der Waals surface area contributed by atoms with Crippen LogP contribution in [0.25, 0.3) is 22.8 Å². The van der Waals surface area contributed by atoms with E-state index in [4.69, 9.17) is 8.83 Å². The fraction of sp³-hybridized carbons (Fsp3) is 0. The van der Waals surface area contributed by atoms with Gasteiger partial charge < -0.3 is 8.83 Å². The Bertz CT molecular complexity index is 1090. The van der Waals surface area contributed by atoms with E-state index in [0.717, 1.165) is 5.56 Å². The average Bonchev–Trinajstić information content (AvgIpc) is 3.39. The first-order valence-electron chi connectivity index (χ1n) is 8.08. The summed E-state index contributed by atoms with van der Waals surface area (Å²) in [5.41, 5.74) is 2.00. The minimum atomic E-state index is -0.524. The molecule has 2 aromatic carbocycles. The Morgan fingerprint density at radius 2 is 1.81 bits per heavy atom. The second kappa shape index (κ2) is 7.09. The molecule has 0 fully saturated rings. The first kappa shape index (κ1) is 16.5. The number of carbonyl (C=O) groups is 2. The van der Waals surface area contributed by atoms with Crippen LogP contribution in [0.4, 0.5) is 6.01 Å². The maximum atomic E-state index is 12.7. The third kappa shape index (κ3) is 3.25. The lowest BCUT2D eigenvalue weighted by atomic mass is 9.96. The molecule has 0 aliphatic carbocycles. The molecule has 2 heterocycles. The minimum absolute atomic E-state index is 0.0895. The van der Waals surface area contributed by atoms with Gasteiger partial charge in [-0.05, 0) is 29.3 Å². The van der Waals surface area contributed by atoms with Gasteiger partial charge in [-0.3, -0.25) is 14.9 Å². The van der Waals surface area contributed by atoms with Crippen molar-refractivity contribution in [2.24, 2.45) is 0 Å². The monoisotopic (exact) mass is 359 g/mol. The Balaban J connectivity index is 1.63. The minimum Gasteiger partial charge on any atom is -0.459 e. The highest BCUT2D eigenvalue weighted by molar-refractivity contribution is 6.10. The van der Waals surface area contributed by atoms with Crippen LogP contribution in [0.3, 0.4) is 0 Å². The van der Waals surface area contributed by atoms with Crippen LogP contribution < -0.4 is 5.32 Å². The predicted molar refractivity (Wildman–Crippen MR) is 97.2 cm³/mol. The van der Waals surface area contributed by atoms with Gasteiger partial charge in [0.2, 0.25) is 0 Å². The van der Waals surface area contributed by atoms with Gasteiger partial charge in [0, 0.05) is 5.56 Å². The number of amides is 1. The molecule has 0 aliphatic heterocycles. The van der Waals surface area contributed by atoms with Crippen LogP contribution in [0.15, 0.2) is 75.8 Å². The molecule has 4 aromatic rings. The fourth-order valence-electron chi connectivity index (χ4n) is 2.70. The Labute approximate surface area is 153 Å². The molecular weight excluding hydrogens is 346 g/mol. The Hall–Kier alpha value is -4.00. The number of aldehydes is 1. The van der Waals surface area contributed by atoms with Gasteiger partial charge >= 0.3 is 6.01 Å². The van der Waals surface area contributed by atoms with E-state index in [9.17, 15) is 9.59 Å². The number of nitrogens with one attached hydrogen (secondary N) is 1. The number of anilines is 1. The first-order valence-corrected chi connectivity index (χ1v) is 8.08. The van der Waals surface area contributed by atoms with E-state index < -0.39 is 5.91 Å². The smallest absolute Gasteiger partial charge is 0.322 e. The molecule has 0 unspecified atom stereocenters. The fourth-order valence-corrected chi connectivity index (χ4v) is 2.70. The number of benzene rings is 2. The van der Waals surface area contributed by atoms with Crippen LogP contribution in [-0.4, -0.2) is 22.4 Å². The summed E-state index contributed by atoms with van der Waals surface area (Å²) in [5, 5.41) is 10.1. The van der Waals surface area contributed by atoms with Gasteiger partial charge in [-0.1, -0.05) is 47.6 Å². The van der Waals surface area contributed by atoms with Crippen molar-refractivity contribution in [3.8, 4) is 22.8 Å². The molecule has 1 amide bonds. The first-order chi connectivity index (χ1) is 13.3. The van der Waals surface area contributed by atoms with Crippen molar-refractivity contribution in [1.29, 1.82) is 0 Å². The highest BCUT2D eigenvalue weighted by Gasteiger charge is 2.18. The van der Waals surface area contributed by atoms with Crippen molar-refractivity contribution in [3.63, 3.8) is 0 Å². The number of hydrogen-bond acceptors (Lipinski definition) is 6. The summed E-state index contributed by atoms with van der Waals surface area (Å²) < 4.78 is 10.5. The maximum absolute atomic E-state index is 12.7. The number of aromatic nitrogens is 2. The zero-order valence-electron chi connectivity index (χ0n) is 14.0. The SMILES string of the molecule is O=Cc1c(C(=O)Nc2nnc(-c3ccco3)o2)cccc1-c1ccccc1. The normalized spacial score (nSPS) is 10.5. The zero-order valence-corrected chi connectivity index (χ0v) is 14.0. The molecule has 0 radical (unpaired) electrons. The molecule has 0 aliphatic rings. The number of nitrogens with zero attached hydrogens (tertiary/aromatic N) is 2. The standard InChI is InChI=1S/C20H13N3O4/c24-12-16-14(13-6-2-1-3-7-13)8-4-9-15(16)18(25)21-20-23-22-19(27-20)17-10-5-11-26-17/h1-12H,(H,21,23,25). The van der Waals surface area contributed by atoms with Crippen LogP contribution in [0, 0.1) is 0 Å². The molecule has 27 heavy (non-hydrogen) atoms. The quantitative estimate of drug-likeness (QED) is 0.540. The van der Waals surface area contributed by atoms with Crippen molar-refractivity contribution in [1.82, 2.24) is 10.2 Å². The van der Waals surface area contributed by atoms with Gasteiger partial charge in [0.15, 0.2) is 12.0 Å². The third-order valence-electron chi connectivity index (χ3n) is 3.93. The summed E-state index contributed by atoms with van der Waals surface area (Å²) in [6.07, 6.45) is 2.14. The van der Waals surface area contributed by atoms with E-state index in [1.165, 1.54) is 6.26 Å². The summed E-state index contributed by atoms with van der Waals surface area (Å²) in [6, 6.07) is 17.7. The molecule has 4 rings (SSSR count). The van der Waals surface area contributed by atoms with Gasteiger partial charge in [0.05, 0.1) is 11.8 Å². The van der Waals surface area contributed by atoms with E-state index in [0.29, 0.717) is 17.6 Å². The summed E-state index contributed by atoms with van der Waals surface area (Å²) in [4.78, 5) is 24.3. The second-order valence-electron chi connectivity index (χ2n) is 5.59. The Kier molecular flexibility index (Phi) is 4.32. The van der Waals surface area contributed by atoms with Crippen LogP contribution in [-0.2, 0) is 0 Å². The third-order valence-corrected chi connectivity index (χ3v) is 3.93. The summed E-state index contributed by atoms with van der Waals surface area (Å²) in [5.74, 6) is 0.0103. The van der Waals surface area contributed by atoms with Gasteiger partial charge in [0.1, 0.15) is 0 Å². The van der Waals surface area contributed by atoms with E-state index in [-0.39, 0.29) is 23.0 Å². The largest absolute Gasteiger partial charge is 0.459 e. The molecule has 7 heteroatoms. The molecule has 1 N–H and O–H groups in total. The topological polar surface area (TPSA) is 98.2 Å². The molecule has 132 valence electrons. The van der Waals surface area contributed by atoms with Crippen LogP contribution >= 0.6 is 0 Å². The molecule has 0 bridgehead atoms. The Morgan fingerprint density at radius 1 is 0.963 bits per heavy atom. The highest BCUT2D eigenvalue weighted by Crippen LogP contribution is 2.26. The molecule has 2 aromatic heterocycles. The number of rotatable bonds is 5. The highest BCUT2D eigenvalue weighted by atomic mass is 16.4. The molecular formula is C20H13N3O4. The van der Waals surface area contributed by atoms with Crippen molar-refractivity contribution < 1.29 is 18.4 Å². The lowest BCUT2D eigenvalue weighted by Crippen LogP contribution is -2.15. The van der Waals surface area contributed by atoms with Crippen LogP contribution in [0.2, 0.25) is 0 Å². The summed E-state index contributed by atoms with van der Waals surface area (Å²) in [7, 11) is 0. The van der Waals surface area contributed by atoms with Crippen LogP contribution in [0.5, 0.6) is 0 Å². The summed E-state index contributed by atoms with van der Waals surface area (Å²) >= 11 is 0. The van der Waals surface area contributed by atoms with Crippen molar-refractivity contribution in [2.45, 2.75) is 0 Å². The van der Waals surface area contributed by atoms with Crippen molar-refractivity contribution >= 4 is 18.2 Å². The molecule has 0 spiro atoms. The zero-order chi connectivity index (χ0) is 18.6. The average molecular weight is 359 g/mol. The van der Waals surface area contributed by atoms with Gasteiger partial charge in [0.25, 0.3) is 11.8 Å². The molecule has 7 nitrogen and oxygen atoms in total. The molecule has 0 saturated carbocycles. The number of furan rings is 1. The van der Waals surface area contributed by atoms with Gasteiger partial charge in [-0.15, -0.1) is 5.10 Å². The van der Waals surface area contributed by atoms with E-state index in [2.05, 4.69) is 15.5 Å². The van der Waals surface area contributed by atoms with E-state index in [1.54, 1.807) is 30.3 Å². The maximum Gasteiger partial charge on any atom is 0.322 e. The van der Waals surface area contributed by atoms with Gasteiger partial charge in [-0.25, -0.2) is 0 Å². The van der Waals surface area contributed by atoms with Crippen molar-refractivity contribution in [2.75, 3.05) is 5.32 Å². The second-order valence-corrected chi connectivity index (χ2v) is 5.59.